The van der Waals surface area contributed by atoms with Crippen LogP contribution in [-0.2, 0) is 0 Å². The summed E-state index contributed by atoms with van der Waals surface area (Å²) in [4.78, 5) is 12.9. The second-order valence-corrected chi connectivity index (χ2v) is 4.44. The molecule has 0 radical (unpaired) electrons. The molecule has 0 N–H and O–H groups in total. The Balaban J connectivity index is 1.88. The molecule has 0 bridgehead atoms. The second kappa shape index (κ2) is 5.66. The van der Waals surface area contributed by atoms with Crippen LogP contribution in [0.4, 0.5) is 4.39 Å². The first-order valence-electron chi connectivity index (χ1n) is 6.41. The normalized spacial score (nSPS) is 10.4. The van der Waals surface area contributed by atoms with Crippen LogP contribution < -0.4 is 4.74 Å². The molecule has 2 aromatic heterocycles. The van der Waals surface area contributed by atoms with Gasteiger partial charge in [0.05, 0.1) is 0 Å². The lowest BCUT2D eigenvalue weighted by atomic mass is 10.3. The third-order valence-electron chi connectivity index (χ3n) is 2.78. The predicted molar refractivity (Wildman–Crippen MR) is 76.5 cm³/mol. The third-order valence-corrected chi connectivity index (χ3v) is 2.78. The van der Waals surface area contributed by atoms with Crippen molar-refractivity contribution in [1.82, 2.24) is 15.0 Å². The Morgan fingerprint density at radius 1 is 0.952 bits per heavy atom. The maximum atomic E-state index is 12.9. The van der Waals surface area contributed by atoms with Gasteiger partial charge < -0.3 is 4.74 Å². The minimum Gasteiger partial charge on any atom is -0.439 e. The molecule has 0 fully saturated rings. The predicted octanol–water partition coefficient (Wildman–Crippen LogP) is 3.78. The molecule has 3 rings (SSSR count). The highest BCUT2D eigenvalue weighted by Crippen LogP contribution is 2.22. The Morgan fingerprint density at radius 3 is 2.52 bits per heavy atom. The van der Waals surface area contributed by atoms with Gasteiger partial charge in [-0.2, -0.15) is 0 Å². The van der Waals surface area contributed by atoms with Gasteiger partial charge in [0, 0.05) is 18.0 Å². The van der Waals surface area contributed by atoms with E-state index in [4.69, 9.17) is 4.74 Å². The summed E-state index contributed by atoms with van der Waals surface area (Å²) in [6.07, 6.45) is 1.69. The molecule has 0 aliphatic heterocycles. The highest BCUT2D eigenvalue weighted by Gasteiger charge is 2.06. The number of hydrogen-bond donors (Lipinski definition) is 0. The van der Waals surface area contributed by atoms with E-state index >= 15 is 0 Å². The van der Waals surface area contributed by atoms with Gasteiger partial charge >= 0.3 is 0 Å². The minimum absolute atomic E-state index is 0.308. The van der Waals surface area contributed by atoms with Gasteiger partial charge in [0.1, 0.15) is 17.3 Å². The molecule has 0 atom stereocenters. The standard InChI is InChI=1S/C16H12FN3O/c1-11-9-10-18-16(19-11)14-3-2-4-15(20-14)21-13-7-5-12(17)6-8-13/h2-10H,1H3. The zero-order valence-electron chi connectivity index (χ0n) is 11.3. The Labute approximate surface area is 121 Å². The van der Waals surface area contributed by atoms with Gasteiger partial charge in [0.2, 0.25) is 5.88 Å². The molecule has 0 amide bonds. The van der Waals surface area contributed by atoms with Crippen molar-refractivity contribution in [2.75, 3.05) is 0 Å². The highest BCUT2D eigenvalue weighted by molar-refractivity contribution is 5.50. The number of halogens is 1. The molecule has 0 aliphatic rings. The third kappa shape index (κ3) is 3.20. The number of benzene rings is 1. The van der Waals surface area contributed by atoms with E-state index in [0.717, 1.165) is 5.69 Å². The first-order valence-corrected chi connectivity index (χ1v) is 6.41. The summed E-state index contributed by atoms with van der Waals surface area (Å²) in [5.41, 5.74) is 1.49. The molecule has 104 valence electrons. The van der Waals surface area contributed by atoms with E-state index in [1.807, 2.05) is 25.1 Å². The second-order valence-electron chi connectivity index (χ2n) is 4.44. The van der Waals surface area contributed by atoms with E-state index < -0.39 is 0 Å². The lowest BCUT2D eigenvalue weighted by Crippen LogP contribution is -1.95. The SMILES string of the molecule is Cc1ccnc(-c2cccc(Oc3ccc(F)cc3)n2)n1. The van der Waals surface area contributed by atoms with Crippen molar-refractivity contribution in [3.05, 3.63) is 66.2 Å². The Bertz CT molecular complexity index is 759. The molecule has 0 saturated heterocycles. The number of pyridine rings is 1. The van der Waals surface area contributed by atoms with Crippen molar-refractivity contribution >= 4 is 0 Å². The van der Waals surface area contributed by atoms with Crippen LogP contribution in [0.25, 0.3) is 11.5 Å². The van der Waals surface area contributed by atoms with E-state index in [9.17, 15) is 4.39 Å². The van der Waals surface area contributed by atoms with Crippen LogP contribution in [0, 0.1) is 12.7 Å². The van der Waals surface area contributed by atoms with Crippen LogP contribution in [0.15, 0.2) is 54.7 Å². The maximum Gasteiger partial charge on any atom is 0.219 e. The fraction of sp³-hybridized carbons (Fsp3) is 0.0625. The van der Waals surface area contributed by atoms with Crippen molar-refractivity contribution in [2.24, 2.45) is 0 Å². The number of nitrogens with zero attached hydrogens (tertiary/aromatic N) is 3. The van der Waals surface area contributed by atoms with Crippen molar-refractivity contribution in [3.63, 3.8) is 0 Å². The van der Waals surface area contributed by atoms with Crippen molar-refractivity contribution in [2.45, 2.75) is 6.92 Å². The van der Waals surface area contributed by atoms with Crippen LogP contribution >= 0.6 is 0 Å². The highest BCUT2D eigenvalue weighted by atomic mass is 19.1. The zero-order valence-corrected chi connectivity index (χ0v) is 11.3. The number of hydrogen-bond acceptors (Lipinski definition) is 4. The average Bonchev–Trinajstić information content (AvgIpc) is 2.50. The summed E-state index contributed by atoms with van der Waals surface area (Å²) in [5, 5.41) is 0. The molecule has 0 unspecified atom stereocenters. The van der Waals surface area contributed by atoms with Gasteiger partial charge in [0.25, 0.3) is 0 Å². The summed E-state index contributed by atoms with van der Waals surface area (Å²) < 4.78 is 18.5. The van der Waals surface area contributed by atoms with Gasteiger partial charge in [0.15, 0.2) is 5.82 Å². The van der Waals surface area contributed by atoms with Gasteiger partial charge in [-0.15, -0.1) is 0 Å². The fourth-order valence-electron chi connectivity index (χ4n) is 1.79. The Morgan fingerprint density at radius 2 is 1.76 bits per heavy atom. The average molecular weight is 281 g/mol. The lowest BCUT2D eigenvalue weighted by Gasteiger charge is -2.06. The van der Waals surface area contributed by atoms with E-state index in [0.29, 0.717) is 23.1 Å². The molecular formula is C16H12FN3O. The topological polar surface area (TPSA) is 47.9 Å². The quantitative estimate of drug-likeness (QED) is 0.733. The first kappa shape index (κ1) is 13.2. The van der Waals surface area contributed by atoms with Crippen molar-refractivity contribution in [3.8, 4) is 23.1 Å². The van der Waals surface area contributed by atoms with Crippen molar-refractivity contribution in [1.29, 1.82) is 0 Å². The molecule has 3 aromatic rings. The van der Waals surface area contributed by atoms with Crippen LogP contribution in [0.3, 0.4) is 0 Å². The molecule has 1 aromatic carbocycles. The number of ether oxygens (including phenoxy) is 1. The number of aryl methyl sites for hydroxylation is 1. The monoisotopic (exact) mass is 281 g/mol. The zero-order chi connectivity index (χ0) is 14.7. The molecule has 4 nitrogen and oxygen atoms in total. The van der Waals surface area contributed by atoms with Gasteiger partial charge in [-0.1, -0.05) is 6.07 Å². The first-order chi connectivity index (χ1) is 10.2. The smallest absolute Gasteiger partial charge is 0.219 e. The molecular weight excluding hydrogens is 269 g/mol. The fourth-order valence-corrected chi connectivity index (χ4v) is 1.79. The number of aromatic nitrogens is 3. The lowest BCUT2D eigenvalue weighted by molar-refractivity contribution is 0.462. The molecule has 0 spiro atoms. The molecule has 5 heteroatoms. The largest absolute Gasteiger partial charge is 0.439 e. The molecule has 2 heterocycles. The van der Waals surface area contributed by atoms with E-state index in [2.05, 4.69) is 15.0 Å². The van der Waals surface area contributed by atoms with E-state index in [-0.39, 0.29) is 5.82 Å². The minimum atomic E-state index is -0.308. The summed E-state index contributed by atoms with van der Waals surface area (Å²) in [5.74, 6) is 1.16. The Kier molecular flexibility index (Phi) is 3.55. The summed E-state index contributed by atoms with van der Waals surface area (Å²) >= 11 is 0. The van der Waals surface area contributed by atoms with Crippen molar-refractivity contribution < 1.29 is 9.13 Å². The molecule has 0 saturated carbocycles. The summed E-state index contributed by atoms with van der Waals surface area (Å²) in [6, 6.07) is 12.9. The summed E-state index contributed by atoms with van der Waals surface area (Å²) in [6.45, 7) is 1.89. The summed E-state index contributed by atoms with van der Waals surface area (Å²) in [7, 11) is 0. The van der Waals surface area contributed by atoms with Gasteiger partial charge in [-0.3, -0.25) is 0 Å². The van der Waals surface area contributed by atoms with Crippen LogP contribution in [0.1, 0.15) is 5.69 Å². The van der Waals surface area contributed by atoms with E-state index in [1.54, 1.807) is 24.4 Å². The maximum absolute atomic E-state index is 12.9. The van der Waals surface area contributed by atoms with Gasteiger partial charge in [-0.25, -0.2) is 19.3 Å². The van der Waals surface area contributed by atoms with E-state index in [1.165, 1.54) is 12.1 Å². The van der Waals surface area contributed by atoms with Crippen LogP contribution in [0.2, 0.25) is 0 Å². The van der Waals surface area contributed by atoms with Gasteiger partial charge in [-0.05, 0) is 43.3 Å². The molecule has 21 heavy (non-hydrogen) atoms. The molecule has 0 aliphatic carbocycles. The number of rotatable bonds is 3. The Hall–Kier alpha value is -2.82. The van der Waals surface area contributed by atoms with Crippen LogP contribution in [-0.4, -0.2) is 15.0 Å². The van der Waals surface area contributed by atoms with Crippen LogP contribution in [0.5, 0.6) is 11.6 Å².